The Morgan fingerprint density at radius 2 is 1.89 bits per heavy atom. The summed E-state index contributed by atoms with van der Waals surface area (Å²) in [5.74, 6) is -0.624. The van der Waals surface area contributed by atoms with Crippen LogP contribution < -0.4 is 5.32 Å². The van der Waals surface area contributed by atoms with E-state index < -0.39 is 11.4 Å². The van der Waals surface area contributed by atoms with Gasteiger partial charge in [-0.25, -0.2) is 0 Å². The highest BCUT2D eigenvalue weighted by atomic mass is 35.5. The number of aliphatic carboxylic acids is 1. The molecule has 1 aromatic rings. The number of hydrogen-bond acceptors (Lipinski definition) is 2. The second-order valence-corrected chi connectivity index (χ2v) is 4.92. The van der Waals surface area contributed by atoms with Crippen molar-refractivity contribution in [2.24, 2.45) is 5.41 Å². The second-order valence-electron chi connectivity index (χ2n) is 4.48. The maximum Gasteiger partial charge on any atom is 0.309 e. The number of benzene rings is 1. The lowest BCUT2D eigenvalue weighted by Crippen LogP contribution is -2.41. The van der Waals surface area contributed by atoms with Crippen molar-refractivity contribution in [2.75, 3.05) is 13.1 Å². The van der Waals surface area contributed by atoms with Crippen molar-refractivity contribution in [1.29, 1.82) is 0 Å². The highest BCUT2D eigenvalue weighted by molar-refractivity contribution is 6.30. The maximum atomic E-state index is 10.9. The molecule has 1 aliphatic heterocycles. The number of carboxylic acid groups (broad SMARTS) is 1. The molecule has 0 atom stereocenters. The molecule has 18 heavy (non-hydrogen) atoms. The van der Waals surface area contributed by atoms with E-state index in [0.717, 1.165) is 37.4 Å². The molecule has 0 unspecified atom stereocenters. The molecule has 3 nitrogen and oxygen atoms in total. The normalized spacial score (nSPS) is 17.4. The van der Waals surface area contributed by atoms with Crippen LogP contribution in [0.15, 0.2) is 30.3 Å². The summed E-state index contributed by atoms with van der Waals surface area (Å²) >= 11 is 5.54. The molecule has 0 saturated carbocycles. The van der Waals surface area contributed by atoms with Gasteiger partial charge in [-0.15, -0.1) is 0 Å². The topological polar surface area (TPSA) is 49.3 Å². The highest BCUT2D eigenvalue weighted by Gasteiger charge is 2.37. The molecule has 2 N–H and O–H groups in total. The first-order valence-corrected chi connectivity index (χ1v) is 6.63. The third kappa shape index (κ3) is 4.31. The van der Waals surface area contributed by atoms with Gasteiger partial charge in [-0.1, -0.05) is 36.7 Å². The van der Waals surface area contributed by atoms with Crippen LogP contribution in [-0.2, 0) is 4.79 Å². The molecule has 1 heterocycles. The van der Waals surface area contributed by atoms with Crippen LogP contribution in [0.4, 0.5) is 0 Å². The molecule has 1 saturated heterocycles. The lowest BCUT2D eigenvalue weighted by atomic mass is 9.77. The van der Waals surface area contributed by atoms with Crippen molar-refractivity contribution in [3.8, 4) is 0 Å². The van der Waals surface area contributed by atoms with Crippen LogP contribution in [-0.4, -0.2) is 24.2 Å². The molecule has 0 aliphatic carbocycles. The first kappa shape index (κ1) is 15.0. The van der Waals surface area contributed by atoms with Crippen molar-refractivity contribution in [1.82, 2.24) is 5.32 Å². The number of hydrogen-bond donors (Lipinski definition) is 2. The van der Waals surface area contributed by atoms with Gasteiger partial charge in [-0.05, 0) is 44.5 Å². The van der Waals surface area contributed by atoms with Crippen LogP contribution in [0.3, 0.4) is 0 Å². The standard InChI is InChI=1S/C8H15NO2.C6H5Cl/c1-2-8(7(10)11)3-5-9-6-4-8;7-6-4-2-1-3-5-6/h9H,2-6H2,1H3,(H,10,11);1-5H. The van der Waals surface area contributed by atoms with Gasteiger partial charge in [0.1, 0.15) is 0 Å². The summed E-state index contributed by atoms with van der Waals surface area (Å²) in [6, 6.07) is 9.44. The van der Waals surface area contributed by atoms with E-state index in [-0.39, 0.29) is 0 Å². The van der Waals surface area contributed by atoms with E-state index in [1.165, 1.54) is 0 Å². The second kappa shape index (κ2) is 7.39. The maximum absolute atomic E-state index is 10.9. The Labute approximate surface area is 113 Å². The Morgan fingerprint density at radius 1 is 1.33 bits per heavy atom. The van der Waals surface area contributed by atoms with Gasteiger partial charge >= 0.3 is 5.97 Å². The number of carboxylic acids is 1. The van der Waals surface area contributed by atoms with Crippen molar-refractivity contribution in [3.05, 3.63) is 35.4 Å². The summed E-state index contributed by atoms with van der Waals surface area (Å²) in [4.78, 5) is 10.9. The van der Waals surface area contributed by atoms with E-state index in [1.807, 2.05) is 37.3 Å². The third-order valence-corrected chi connectivity index (χ3v) is 3.68. The molecule has 2 rings (SSSR count). The number of rotatable bonds is 2. The number of halogens is 1. The summed E-state index contributed by atoms with van der Waals surface area (Å²) < 4.78 is 0. The minimum atomic E-state index is -0.624. The molecular weight excluding hydrogens is 250 g/mol. The molecule has 1 aliphatic rings. The van der Waals surface area contributed by atoms with Crippen LogP contribution in [0.5, 0.6) is 0 Å². The van der Waals surface area contributed by atoms with E-state index in [4.69, 9.17) is 16.7 Å². The fraction of sp³-hybridized carbons (Fsp3) is 0.500. The number of piperidine rings is 1. The molecule has 0 aromatic heterocycles. The van der Waals surface area contributed by atoms with Crippen LogP contribution in [0.25, 0.3) is 0 Å². The first-order chi connectivity index (χ1) is 8.60. The van der Waals surface area contributed by atoms with Crippen LogP contribution in [0, 0.1) is 5.41 Å². The molecular formula is C14H20ClNO2. The molecule has 0 amide bonds. The van der Waals surface area contributed by atoms with Crippen molar-refractivity contribution >= 4 is 17.6 Å². The summed E-state index contributed by atoms with van der Waals surface area (Å²) in [5.41, 5.74) is -0.425. The number of carbonyl (C=O) groups is 1. The van der Waals surface area contributed by atoms with Gasteiger partial charge in [-0.2, -0.15) is 0 Å². The Bertz CT molecular complexity index is 361. The molecule has 0 bridgehead atoms. The van der Waals surface area contributed by atoms with Gasteiger partial charge in [0.05, 0.1) is 5.41 Å². The Balaban J connectivity index is 0.000000199. The minimum absolute atomic E-state index is 0.425. The van der Waals surface area contributed by atoms with Crippen molar-refractivity contribution in [3.63, 3.8) is 0 Å². The quantitative estimate of drug-likeness (QED) is 0.867. The summed E-state index contributed by atoms with van der Waals surface area (Å²) in [7, 11) is 0. The lowest BCUT2D eigenvalue weighted by molar-refractivity contribution is -0.150. The molecule has 1 aromatic carbocycles. The summed E-state index contributed by atoms with van der Waals surface area (Å²) in [5, 5.41) is 12.9. The largest absolute Gasteiger partial charge is 0.481 e. The zero-order valence-corrected chi connectivity index (χ0v) is 11.4. The van der Waals surface area contributed by atoms with E-state index in [9.17, 15) is 4.79 Å². The molecule has 4 heteroatoms. The fourth-order valence-electron chi connectivity index (χ4n) is 2.04. The van der Waals surface area contributed by atoms with Gasteiger partial charge in [0.15, 0.2) is 0 Å². The van der Waals surface area contributed by atoms with Gasteiger partial charge < -0.3 is 10.4 Å². The summed E-state index contributed by atoms with van der Waals surface area (Å²) in [6.45, 7) is 3.65. The van der Waals surface area contributed by atoms with Gasteiger partial charge in [0.2, 0.25) is 0 Å². The smallest absolute Gasteiger partial charge is 0.309 e. The Morgan fingerprint density at radius 3 is 2.17 bits per heavy atom. The fourth-order valence-corrected chi connectivity index (χ4v) is 2.18. The zero-order chi connectivity index (χ0) is 13.4. The van der Waals surface area contributed by atoms with Crippen LogP contribution >= 0.6 is 11.6 Å². The van der Waals surface area contributed by atoms with E-state index >= 15 is 0 Å². The Hall–Kier alpha value is -1.06. The third-order valence-electron chi connectivity index (χ3n) is 3.42. The average Bonchev–Trinajstić information content (AvgIpc) is 2.41. The highest BCUT2D eigenvalue weighted by Crippen LogP contribution is 2.32. The van der Waals surface area contributed by atoms with Gasteiger partial charge in [0, 0.05) is 5.02 Å². The minimum Gasteiger partial charge on any atom is -0.481 e. The average molecular weight is 270 g/mol. The SMILES string of the molecule is CCC1(C(=O)O)CCNCC1.Clc1ccccc1. The van der Waals surface area contributed by atoms with Gasteiger partial charge in [-0.3, -0.25) is 4.79 Å². The predicted molar refractivity (Wildman–Crippen MR) is 73.9 cm³/mol. The van der Waals surface area contributed by atoms with Crippen LogP contribution in [0.1, 0.15) is 26.2 Å². The van der Waals surface area contributed by atoms with E-state index in [1.54, 1.807) is 0 Å². The van der Waals surface area contributed by atoms with Crippen molar-refractivity contribution < 1.29 is 9.90 Å². The molecule has 0 radical (unpaired) electrons. The van der Waals surface area contributed by atoms with E-state index in [2.05, 4.69) is 5.32 Å². The van der Waals surface area contributed by atoms with Crippen LogP contribution in [0.2, 0.25) is 5.02 Å². The summed E-state index contributed by atoms with van der Waals surface area (Å²) in [6.07, 6.45) is 2.31. The lowest BCUT2D eigenvalue weighted by Gasteiger charge is -2.32. The molecule has 100 valence electrons. The van der Waals surface area contributed by atoms with E-state index in [0.29, 0.717) is 0 Å². The van der Waals surface area contributed by atoms with Gasteiger partial charge in [0.25, 0.3) is 0 Å². The molecule has 0 spiro atoms. The molecule has 1 fully saturated rings. The zero-order valence-electron chi connectivity index (χ0n) is 10.7. The first-order valence-electron chi connectivity index (χ1n) is 6.25. The Kier molecular flexibility index (Phi) is 6.16. The monoisotopic (exact) mass is 269 g/mol. The number of nitrogens with one attached hydrogen (secondary N) is 1. The van der Waals surface area contributed by atoms with Crippen molar-refractivity contribution in [2.45, 2.75) is 26.2 Å². The predicted octanol–water partition coefficient (Wildman–Crippen LogP) is 3.19.